The van der Waals surface area contributed by atoms with Crippen molar-refractivity contribution in [2.75, 3.05) is 27.3 Å². The van der Waals surface area contributed by atoms with Crippen molar-refractivity contribution in [3.63, 3.8) is 0 Å². The van der Waals surface area contributed by atoms with Gasteiger partial charge in [0.15, 0.2) is 0 Å². The lowest BCUT2D eigenvalue weighted by atomic mass is 10.1. The largest absolute Gasteiger partial charge is 0.496 e. The molecule has 0 heterocycles. The summed E-state index contributed by atoms with van der Waals surface area (Å²) in [5.74, 6) is 1.16. The van der Waals surface area contributed by atoms with Crippen molar-refractivity contribution in [3.8, 4) is 11.5 Å². The fraction of sp³-hybridized carbons (Fsp3) is 0.316. The van der Waals surface area contributed by atoms with Crippen molar-refractivity contribution in [1.82, 2.24) is 4.90 Å². The highest BCUT2D eigenvalue weighted by Gasteiger charge is 2.19. The van der Waals surface area contributed by atoms with Crippen LogP contribution < -0.4 is 15.2 Å². The van der Waals surface area contributed by atoms with E-state index in [0.29, 0.717) is 36.7 Å². The summed E-state index contributed by atoms with van der Waals surface area (Å²) in [6.07, 6.45) is 0. The van der Waals surface area contributed by atoms with Crippen LogP contribution in [0.1, 0.15) is 21.5 Å². The molecule has 5 nitrogen and oxygen atoms in total. The maximum absolute atomic E-state index is 12.9. The molecule has 0 spiro atoms. The van der Waals surface area contributed by atoms with Crippen LogP contribution in [0.4, 0.5) is 0 Å². The number of rotatable bonds is 7. The molecule has 0 atom stereocenters. The summed E-state index contributed by atoms with van der Waals surface area (Å²) < 4.78 is 10.7. The maximum Gasteiger partial charge on any atom is 0.254 e. The van der Waals surface area contributed by atoms with E-state index in [2.05, 4.69) is 0 Å². The monoisotopic (exact) mass is 328 g/mol. The van der Waals surface area contributed by atoms with E-state index in [-0.39, 0.29) is 5.91 Å². The van der Waals surface area contributed by atoms with Gasteiger partial charge in [-0.2, -0.15) is 0 Å². The molecule has 0 saturated heterocycles. The van der Waals surface area contributed by atoms with E-state index in [1.54, 1.807) is 31.3 Å². The minimum absolute atomic E-state index is 0.0964. The number of nitrogens with two attached hydrogens (primary N) is 1. The van der Waals surface area contributed by atoms with Gasteiger partial charge in [0.25, 0.3) is 5.91 Å². The van der Waals surface area contributed by atoms with Gasteiger partial charge in [0, 0.05) is 30.8 Å². The number of amides is 1. The molecular formula is C19H24N2O3. The van der Waals surface area contributed by atoms with E-state index >= 15 is 0 Å². The van der Waals surface area contributed by atoms with Gasteiger partial charge in [0.05, 0.1) is 14.2 Å². The lowest BCUT2D eigenvalue weighted by molar-refractivity contribution is 0.0747. The Bertz CT molecular complexity index is 661. The molecule has 0 bridgehead atoms. The van der Waals surface area contributed by atoms with Gasteiger partial charge < -0.3 is 20.1 Å². The Labute approximate surface area is 143 Å². The first-order chi connectivity index (χ1) is 11.6. The van der Waals surface area contributed by atoms with Gasteiger partial charge in [0.1, 0.15) is 11.5 Å². The van der Waals surface area contributed by atoms with Crippen molar-refractivity contribution >= 4 is 5.91 Å². The van der Waals surface area contributed by atoms with E-state index < -0.39 is 0 Å². The quantitative estimate of drug-likeness (QED) is 0.848. The van der Waals surface area contributed by atoms with Crippen molar-refractivity contribution in [2.24, 2.45) is 5.73 Å². The van der Waals surface area contributed by atoms with Crippen LogP contribution in [0.25, 0.3) is 0 Å². The topological polar surface area (TPSA) is 64.8 Å². The summed E-state index contributed by atoms with van der Waals surface area (Å²) in [5.41, 5.74) is 8.14. The van der Waals surface area contributed by atoms with Crippen LogP contribution in [0.2, 0.25) is 0 Å². The van der Waals surface area contributed by atoms with Gasteiger partial charge in [-0.3, -0.25) is 4.79 Å². The summed E-state index contributed by atoms with van der Waals surface area (Å²) in [6, 6.07) is 13.3. The molecule has 0 aromatic heterocycles. The first kappa shape index (κ1) is 17.8. The van der Waals surface area contributed by atoms with Crippen LogP contribution in [0.15, 0.2) is 42.5 Å². The molecule has 0 aliphatic heterocycles. The van der Waals surface area contributed by atoms with Gasteiger partial charge in [-0.15, -0.1) is 0 Å². The Morgan fingerprint density at radius 3 is 2.17 bits per heavy atom. The van der Waals surface area contributed by atoms with E-state index in [1.807, 2.05) is 37.3 Å². The third kappa shape index (κ3) is 4.06. The van der Waals surface area contributed by atoms with Crippen LogP contribution in [0.5, 0.6) is 11.5 Å². The van der Waals surface area contributed by atoms with E-state index in [0.717, 1.165) is 11.1 Å². The minimum atomic E-state index is -0.0964. The molecule has 128 valence electrons. The number of ether oxygens (including phenoxy) is 2. The highest BCUT2D eigenvalue weighted by atomic mass is 16.5. The Morgan fingerprint density at radius 2 is 1.67 bits per heavy atom. The van der Waals surface area contributed by atoms with Crippen LogP contribution in [-0.4, -0.2) is 38.1 Å². The second kappa shape index (κ2) is 8.36. The molecule has 2 aromatic carbocycles. The fourth-order valence-electron chi connectivity index (χ4n) is 2.60. The van der Waals surface area contributed by atoms with E-state index in [4.69, 9.17) is 15.2 Å². The molecule has 0 unspecified atom stereocenters. The number of nitrogens with zero attached hydrogens (tertiary/aromatic N) is 1. The van der Waals surface area contributed by atoms with Crippen molar-refractivity contribution < 1.29 is 14.3 Å². The Balaban J connectivity index is 2.32. The third-order valence-electron chi connectivity index (χ3n) is 3.90. The number of carbonyl (C=O) groups is 1. The summed E-state index contributed by atoms with van der Waals surface area (Å²) >= 11 is 0. The number of methoxy groups -OCH3 is 2. The molecule has 2 aromatic rings. The van der Waals surface area contributed by atoms with Gasteiger partial charge in [-0.1, -0.05) is 30.3 Å². The van der Waals surface area contributed by atoms with Crippen molar-refractivity contribution in [1.29, 1.82) is 0 Å². The lowest BCUT2D eigenvalue weighted by Gasteiger charge is -2.23. The summed E-state index contributed by atoms with van der Waals surface area (Å²) in [7, 11) is 3.16. The normalized spacial score (nSPS) is 10.3. The molecule has 0 aliphatic rings. The Morgan fingerprint density at radius 1 is 1.08 bits per heavy atom. The SMILES string of the molecule is COc1cc(C(=O)N(CCN)Cc2ccccc2)cc(OC)c1C. The zero-order chi connectivity index (χ0) is 17.5. The molecule has 2 N–H and O–H groups in total. The second-order valence-corrected chi connectivity index (χ2v) is 5.51. The standard InChI is InChI=1S/C19H24N2O3/c1-14-17(23-2)11-16(12-18(14)24-3)19(22)21(10-9-20)13-15-7-5-4-6-8-15/h4-8,11-12H,9-10,13,20H2,1-3H3. The first-order valence-electron chi connectivity index (χ1n) is 7.86. The smallest absolute Gasteiger partial charge is 0.254 e. The Kier molecular flexibility index (Phi) is 6.21. The van der Waals surface area contributed by atoms with E-state index in [1.165, 1.54) is 0 Å². The number of hydrogen-bond acceptors (Lipinski definition) is 4. The minimum Gasteiger partial charge on any atom is -0.496 e. The van der Waals surface area contributed by atoms with Crippen LogP contribution in [0, 0.1) is 6.92 Å². The molecular weight excluding hydrogens is 304 g/mol. The summed E-state index contributed by atoms with van der Waals surface area (Å²) in [4.78, 5) is 14.7. The second-order valence-electron chi connectivity index (χ2n) is 5.51. The summed E-state index contributed by atoms with van der Waals surface area (Å²) in [6.45, 7) is 3.29. The highest BCUT2D eigenvalue weighted by molar-refractivity contribution is 5.95. The Hall–Kier alpha value is -2.53. The van der Waals surface area contributed by atoms with Gasteiger partial charge in [-0.25, -0.2) is 0 Å². The van der Waals surface area contributed by atoms with E-state index in [9.17, 15) is 4.79 Å². The zero-order valence-corrected chi connectivity index (χ0v) is 14.4. The molecule has 24 heavy (non-hydrogen) atoms. The van der Waals surface area contributed by atoms with Crippen LogP contribution >= 0.6 is 0 Å². The number of benzene rings is 2. The molecule has 0 aliphatic carbocycles. The molecule has 1 amide bonds. The average Bonchev–Trinajstić information content (AvgIpc) is 2.62. The van der Waals surface area contributed by atoms with Crippen LogP contribution in [-0.2, 0) is 6.54 Å². The summed E-state index contributed by atoms with van der Waals surface area (Å²) in [5, 5.41) is 0. The molecule has 2 rings (SSSR count). The number of hydrogen-bond donors (Lipinski definition) is 1. The van der Waals surface area contributed by atoms with Crippen LogP contribution in [0.3, 0.4) is 0 Å². The molecule has 0 fully saturated rings. The predicted molar refractivity (Wildman–Crippen MR) is 94.5 cm³/mol. The number of carbonyl (C=O) groups excluding carboxylic acids is 1. The maximum atomic E-state index is 12.9. The van der Waals surface area contributed by atoms with Gasteiger partial charge in [-0.05, 0) is 24.6 Å². The highest BCUT2D eigenvalue weighted by Crippen LogP contribution is 2.30. The molecule has 0 radical (unpaired) electrons. The predicted octanol–water partition coefficient (Wildman–Crippen LogP) is 2.61. The van der Waals surface area contributed by atoms with Crippen molar-refractivity contribution in [3.05, 3.63) is 59.2 Å². The zero-order valence-electron chi connectivity index (χ0n) is 14.4. The third-order valence-corrected chi connectivity index (χ3v) is 3.90. The molecule has 0 saturated carbocycles. The van der Waals surface area contributed by atoms with Crippen molar-refractivity contribution in [2.45, 2.75) is 13.5 Å². The lowest BCUT2D eigenvalue weighted by Crippen LogP contribution is -2.35. The van der Waals surface area contributed by atoms with Gasteiger partial charge >= 0.3 is 0 Å². The molecule has 5 heteroatoms. The average molecular weight is 328 g/mol. The fourth-order valence-corrected chi connectivity index (χ4v) is 2.60. The van der Waals surface area contributed by atoms with Gasteiger partial charge in [0.2, 0.25) is 0 Å². The first-order valence-corrected chi connectivity index (χ1v) is 7.86.